The SMILES string of the molecule is Cc1ccnc(NC(=S)Nc2ccccc2)c1. The van der Waals surface area contributed by atoms with E-state index in [9.17, 15) is 0 Å². The molecule has 0 fully saturated rings. The zero-order valence-electron chi connectivity index (χ0n) is 9.47. The molecule has 0 amide bonds. The van der Waals surface area contributed by atoms with Crippen LogP contribution in [-0.2, 0) is 0 Å². The number of para-hydroxylation sites is 1. The Balaban J connectivity index is 1.98. The van der Waals surface area contributed by atoms with Gasteiger partial charge in [0.2, 0.25) is 0 Å². The number of rotatable bonds is 2. The van der Waals surface area contributed by atoms with Gasteiger partial charge in [-0.3, -0.25) is 0 Å². The molecule has 0 aliphatic carbocycles. The van der Waals surface area contributed by atoms with Crippen molar-refractivity contribution in [3.05, 3.63) is 54.2 Å². The lowest BCUT2D eigenvalue weighted by Crippen LogP contribution is -2.19. The number of benzene rings is 1. The maximum Gasteiger partial charge on any atom is 0.176 e. The molecule has 1 heterocycles. The number of nitrogens with one attached hydrogen (secondary N) is 2. The molecule has 0 saturated carbocycles. The predicted molar refractivity (Wildman–Crippen MR) is 75.3 cm³/mol. The lowest BCUT2D eigenvalue weighted by Gasteiger charge is -2.09. The van der Waals surface area contributed by atoms with E-state index >= 15 is 0 Å². The number of hydrogen-bond acceptors (Lipinski definition) is 2. The molecule has 2 rings (SSSR count). The summed E-state index contributed by atoms with van der Waals surface area (Å²) >= 11 is 5.20. The molecule has 17 heavy (non-hydrogen) atoms. The fraction of sp³-hybridized carbons (Fsp3) is 0.0769. The molecule has 0 aliphatic heterocycles. The molecule has 1 aromatic heterocycles. The summed E-state index contributed by atoms with van der Waals surface area (Å²) in [6, 6.07) is 13.7. The van der Waals surface area contributed by atoms with Gasteiger partial charge < -0.3 is 10.6 Å². The van der Waals surface area contributed by atoms with Crippen LogP contribution in [0.15, 0.2) is 48.7 Å². The van der Waals surface area contributed by atoms with Crippen LogP contribution in [0.2, 0.25) is 0 Å². The maximum absolute atomic E-state index is 5.20. The summed E-state index contributed by atoms with van der Waals surface area (Å²) in [6.07, 6.45) is 1.75. The Bertz CT molecular complexity index is 511. The van der Waals surface area contributed by atoms with Crippen LogP contribution in [0.5, 0.6) is 0 Å². The third kappa shape index (κ3) is 3.53. The van der Waals surface area contributed by atoms with Gasteiger partial charge in [0.25, 0.3) is 0 Å². The second kappa shape index (κ2) is 5.41. The average Bonchev–Trinajstić information content (AvgIpc) is 2.30. The molecule has 0 atom stereocenters. The second-order valence-corrected chi connectivity index (χ2v) is 4.07. The Kier molecular flexibility index (Phi) is 3.67. The maximum atomic E-state index is 5.20. The standard InChI is InChI=1S/C13H13N3S/c1-10-7-8-14-12(9-10)16-13(17)15-11-5-3-2-4-6-11/h2-9H,1H3,(H2,14,15,16,17). The van der Waals surface area contributed by atoms with E-state index in [1.54, 1.807) is 6.20 Å². The van der Waals surface area contributed by atoms with Crippen molar-refractivity contribution in [1.29, 1.82) is 0 Å². The molecular weight excluding hydrogens is 230 g/mol. The zero-order chi connectivity index (χ0) is 12.1. The monoisotopic (exact) mass is 243 g/mol. The summed E-state index contributed by atoms with van der Waals surface area (Å²) in [6.45, 7) is 2.01. The van der Waals surface area contributed by atoms with Crippen LogP contribution < -0.4 is 10.6 Å². The molecule has 3 nitrogen and oxygen atoms in total. The van der Waals surface area contributed by atoms with E-state index in [0.29, 0.717) is 5.11 Å². The van der Waals surface area contributed by atoms with Gasteiger partial charge in [-0.1, -0.05) is 18.2 Å². The van der Waals surface area contributed by atoms with Gasteiger partial charge in [0.15, 0.2) is 5.11 Å². The highest BCUT2D eigenvalue weighted by molar-refractivity contribution is 7.80. The first kappa shape index (κ1) is 11.5. The van der Waals surface area contributed by atoms with Crippen molar-refractivity contribution in [3.8, 4) is 0 Å². The highest BCUT2D eigenvalue weighted by Gasteiger charge is 1.99. The summed E-state index contributed by atoms with van der Waals surface area (Å²) in [5.74, 6) is 0.749. The normalized spacial score (nSPS) is 9.71. The van der Waals surface area contributed by atoms with E-state index in [0.717, 1.165) is 17.1 Å². The third-order valence-corrected chi connectivity index (χ3v) is 2.39. The van der Waals surface area contributed by atoms with Gasteiger partial charge in [-0.25, -0.2) is 4.98 Å². The molecule has 0 saturated heterocycles. The predicted octanol–water partition coefficient (Wildman–Crippen LogP) is 3.20. The molecule has 0 spiro atoms. The minimum Gasteiger partial charge on any atom is -0.332 e. The van der Waals surface area contributed by atoms with Crippen molar-refractivity contribution in [2.75, 3.05) is 10.6 Å². The largest absolute Gasteiger partial charge is 0.332 e. The number of thiocarbonyl (C=S) groups is 1. The third-order valence-electron chi connectivity index (χ3n) is 2.19. The summed E-state index contributed by atoms with van der Waals surface area (Å²) < 4.78 is 0. The highest BCUT2D eigenvalue weighted by atomic mass is 32.1. The van der Waals surface area contributed by atoms with E-state index in [-0.39, 0.29) is 0 Å². The van der Waals surface area contributed by atoms with Crippen molar-refractivity contribution in [2.24, 2.45) is 0 Å². The van der Waals surface area contributed by atoms with Crippen LogP contribution in [0.1, 0.15) is 5.56 Å². The highest BCUT2D eigenvalue weighted by Crippen LogP contribution is 2.08. The number of aryl methyl sites for hydroxylation is 1. The summed E-state index contributed by atoms with van der Waals surface area (Å²) in [7, 11) is 0. The topological polar surface area (TPSA) is 37.0 Å². The zero-order valence-corrected chi connectivity index (χ0v) is 10.3. The molecule has 0 unspecified atom stereocenters. The van der Waals surface area contributed by atoms with Crippen LogP contribution >= 0.6 is 12.2 Å². The Labute approximate surface area is 106 Å². The number of aromatic nitrogens is 1. The van der Waals surface area contributed by atoms with Gasteiger partial charge in [0.05, 0.1) is 0 Å². The van der Waals surface area contributed by atoms with Gasteiger partial charge in [-0.15, -0.1) is 0 Å². The first-order chi connectivity index (χ1) is 8.24. The second-order valence-electron chi connectivity index (χ2n) is 3.66. The van der Waals surface area contributed by atoms with Crippen molar-refractivity contribution in [3.63, 3.8) is 0 Å². The van der Waals surface area contributed by atoms with Crippen molar-refractivity contribution in [2.45, 2.75) is 6.92 Å². The number of pyridine rings is 1. The van der Waals surface area contributed by atoms with Gasteiger partial charge >= 0.3 is 0 Å². The average molecular weight is 243 g/mol. The Morgan fingerprint density at radius 3 is 2.59 bits per heavy atom. The van der Waals surface area contributed by atoms with E-state index < -0.39 is 0 Å². The lowest BCUT2D eigenvalue weighted by atomic mass is 10.3. The van der Waals surface area contributed by atoms with Crippen LogP contribution in [0.3, 0.4) is 0 Å². The van der Waals surface area contributed by atoms with Crippen LogP contribution in [-0.4, -0.2) is 10.1 Å². The first-order valence-electron chi connectivity index (χ1n) is 5.30. The number of anilines is 2. The Morgan fingerprint density at radius 1 is 1.12 bits per heavy atom. The fourth-order valence-corrected chi connectivity index (χ4v) is 1.63. The molecule has 0 bridgehead atoms. The van der Waals surface area contributed by atoms with E-state index in [1.165, 1.54) is 0 Å². The molecular formula is C13H13N3S. The van der Waals surface area contributed by atoms with Crippen molar-refractivity contribution >= 4 is 28.8 Å². The summed E-state index contributed by atoms with van der Waals surface area (Å²) in [5.41, 5.74) is 2.10. The van der Waals surface area contributed by atoms with E-state index in [2.05, 4.69) is 15.6 Å². The minimum absolute atomic E-state index is 0.536. The summed E-state index contributed by atoms with van der Waals surface area (Å²) in [4.78, 5) is 4.18. The van der Waals surface area contributed by atoms with E-state index in [1.807, 2.05) is 49.4 Å². The van der Waals surface area contributed by atoms with Gasteiger partial charge in [-0.2, -0.15) is 0 Å². The lowest BCUT2D eigenvalue weighted by molar-refractivity contribution is 1.28. The molecule has 2 aromatic rings. The minimum atomic E-state index is 0.536. The Morgan fingerprint density at radius 2 is 1.88 bits per heavy atom. The molecule has 0 radical (unpaired) electrons. The first-order valence-corrected chi connectivity index (χ1v) is 5.70. The smallest absolute Gasteiger partial charge is 0.176 e. The number of hydrogen-bond donors (Lipinski definition) is 2. The van der Waals surface area contributed by atoms with Gasteiger partial charge in [0.1, 0.15) is 5.82 Å². The molecule has 4 heteroatoms. The number of nitrogens with zero attached hydrogens (tertiary/aromatic N) is 1. The van der Waals surface area contributed by atoms with Crippen molar-refractivity contribution in [1.82, 2.24) is 4.98 Å². The quantitative estimate of drug-likeness (QED) is 0.794. The molecule has 86 valence electrons. The Hall–Kier alpha value is -1.94. The van der Waals surface area contributed by atoms with Crippen LogP contribution in [0.25, 0.3) is 0 Å². The van der Waals surface area contributed by atoms with Gasteiger partial charge in [0, 0.05) is 11.9 Å². The van der Waals surface area contributed by atoms with Crippen molar-refractivity contribution < 1.29 is 0 Å². The van der Waals surface area contributed by atoms with Crippen LogP contribution in [0, 0.1) is 6.92 Å². The van der Waals surface area contributed by atoms with Gasteiger partial charge in [-0.05, 0) is 49.0 Å². The van der Waals surface area contributed by atoms with Crippen LogP contribution in [0.4, 0.5) is 11.5 Å². The molecule has 2 N–H and O–H groups in total. The molecule has 0 aliphatic rings. The fourth-order valence-electron chi connectivity index (χ4n) is 1.40. The van der Waals surface area contributed by atoms with E-state index in [4.69, 9.17) is 12.2 Å². The molecule has 1 aromatic carbocycles. The summed E-state index contributed by atoms with van der Waals surface area (Å²) in [5, 5.41) is 6.67.